The van der Waals surface area contributed by atoms with Gasteiger partial charge in [-0.3, -0.25) is 14.2 Å². The van der Waals surface area contributed by atoms with E-state index in [0.717, 1.165) is 17.7 Å². The number of imidazole rings is 1. The molecule has 1 aromatic carbocycles. The molecule has 23 heavy (non-hydrogen) atoms. The Kier molecular flexibility index (Phi) is 3.49. The predicted octanol–water partition coefficient (Wildman–Crippen LogP) is 2.23. The summed E-state index contributed by atoms with van der Waals surface area (Å²) in [5, 5.41) is 2.99. The summed E-state index contributed by atoms with van der Waals surface area (Å²) in [6, 6.07) is 7.80. The Balaban J connectivity index is 1.55. The molecule has 0 unspecified atom stereocenters. The highest BCUT2D eigenvalue weighted by atomic mass is 79.9. The molecular weight excluding hydrogens is 360 g/mol. The number of aromatic nitrogens is 3. The molecule has 0 spiro atoms. The number of fused-ring (bicyclic) bond motifs is 2. The second-order valence-electron chi connectivity index (χ2n) is 5.35. The van der Waals surface area contributed by atoms with E-state index in [4.69, 9.17) is 4.74 Å². The van der Waals surface area contributed by atoms with Gasteiger partial charge in [0.05, 0.1) is 12.2 Å². The van der Waals surface area contributed by atoms with Crippen LogP contribution in [0.5, 0.6) is 5.75 Å². The summed E-state index contributed by atoms with van der Waals surface area (Å²) in [7, 11) is 0. The Bertz CT molecular complexity index is 893. The quantitative estimate of drug-likeness (QED) is 0.748. The highest BCUT2D eigenvalue weighted by Crippen LogP contribution is 2.24. The lowest BCUT2D eigenvalue weighted by Crippen LogP contribution is -2.42. The number of para-hydroxylation sites is 1. The van der Waals surface area contributed by atoms with Crippen molar-refractivity contribution in [3.8, 4) is 5.75 Å². The number of nitrogens with one attached hydrogen (secondary N) is 1. The molecule has 2 aromatic heterocycles. The second-order valence-corrected chi connectivity index (χ2v) is 6.10. The Hall–Kier alpha value is -2.41. The van der Waals surface area contributed by atoms with Crippen LogP contribution in [0.2, 0.25) is 0 Å². The molecule has 7 heteroatoms. The van der Waals surface area contributed by atoms with Crippen molar-refractivity contribution in [3.63, 3.8) is 0 Å². The molecule has 6 nitrogen and oxygen atoms in total. The lowest BCUT2D eigenvalue weighted by molar-refractivity contribution is 0.0910. The van der Waals surface area contributed by atoms with Gasteiger partial charge < -0.3 is 10.1 Å². The summed E-state index contributed by atoms with van der Waals surface area (Å²) in [5.74, 6) is 0.659. The molecule has 1 N–H and O–H groups in total. The van der Waals surface area contributed by atoms with Crippen molar-refractivity contribution in [1.29, 1.82) is 0 Å². The number of amides is 1. The van der Waals surface area contributed by atoms with Crippen LogP contribution in [0.4, 0.5) is 0 Å². The van der Waals surface area contributed by atoms with Crippen LogP contribution in [0.3, 0.4) is 0 Å². The molecule has 0 saturated carbocycles. The summed E-state index contributed by atoms with van der Waals surface area (Å²) in [5.41, 5.74) is 2.06. The predicted molar refractivity (Wildman–Crippen MR) is 87.6 cm³/mol. The van der Waals surface area contributed by atoms with Gasteiger partial charge in [-0.25, -0.2) is 4.98 Å². The van der Waals surface area contributed by atoms with E-state index >= 15 is 0 Å². The van der Waals surface area contributed by atoms with Crippen LogP contribution in [-0.2, 0) is 6.42 Å². The van der Waals surface area contributed by atoms with E-state index in [9.17, 15) is 4.79 Å². The summed E-state index contributed by atoms with van der Waals surface area (Å²) in [6.07, 6.45) is 5.76. The largest absolute Gasteiger partial charge is 0.491 e. The zero-order valence-electron chi connectivity index (χ0n) is 12.1. The number of hydrogen-bond donors (Lipinski definition) is 1. The maximum Gasteiger partial charge on any atom is 0.273 e. The van der Waals surface area contributed by atoms with Crippen LogP contribution in [0.1, 0.15) is 16.1 Å². The number of hydrogen-bond acceptors (Lipinski definition) is 4. The van der Waals surface area contributed by atoms with Gasteiger partial charge in [-0.2, -0.15) is 0 Å². The molecule has 116 valence electrons. The van der Waals surface area contributed by atoms with Gasteiger partial charge >= 0.3 is 0 Å². The van der Waals surface area contributed by atoms with Crippen molar-refractivity contribution in [2.24, 2.45) is 0 Å². The third-order valence-electron chi connectivity index (χ3n) is 3.80. The first-order valence-corrected chi connectivity index (χ1v) is 8.01. The van der Waals surface area contributed by atoms with Gasteiger partial charge in [0.25, 0.3) is 5.91 Å². The number of halogens is 1. The fourth-order valence-corrected chi connectivity index (χ4v) is 3.26. The van der Waals surface area contributed by atoms with E-state index < -0.39 is 0 Å². The van der Waals surface area contributed by atoms with Crippen molar-refractivity contribution in [1.82, 2.24) is 19.7 Å². The van der Waals surface area contributed by atoms with Crippen molar-refractivity contribution < 1.29 is 9.53 Å². The number of ether oxygens (including phenoxy) is 1. The van der Waals surface area contributed by atoms with Crippen LogP contribution in [0.15, 0.2) is 47.5 Å². The molecule has 3 heterocycles. The van der Waals surface area contributed by atoms with Crippen molar-refractivity contribution in [2.45, 2.75) is 12.5 Å². The first-order valence-electron chi connectivity index (χ1n) is 7.21. The van der Waals surface area contributed by atoms with Crippen molar-refractivity contribution >= 4 is 27.5 Å². The van der Waals surface area contributed by atoms with E-state index in [1.54, 1.807) is 23.0 Å². The average molecular weight is 373 g/mol. The van der Waals surface area contributed by atoms with Gasteiger partial charge in [-0.15, -0.1) is 0 Å². The first-order chi connectivity index (χ1) is 11.2. The Morgan fingerprint density at radius 2 is 2.26 bits per heavy atom. The Labute approximate surface area is 140 Å². The molecule has 1 atom stereocenters. The molecule has 1 aliphatic rings. The SMILES string of the molecule is O=C(N[C@H]1COc2ccccc2C1)c1nc2cnccn2c1Br. The fourth-order valence-electron chi connectivity index (χ4n) is 2.70. The highest BCUT2D eigenvalue weighted by Gasteiger charge is 2.24. The lowest BCUT2D eigenvalue weighted by atomic mass is 10.0. The number of carbonyl (C=O) groups excluding carboxylic acids is 1. The third kappa shape index (κ3) is 2.57. The van der Waals surface area contributed by atoms with Crippen molar-refractivity contribution in [3.05, 3.63) is 58.7 Å². The van der Waals surface area contributed by atoms with Crippen LogP contribution < -0.4 is 10.1 Å². The fraction of sp³-hybridized carbons (Fsp3) is 0.188. The zero-order chi connectivity index (χ0) is 15.8. The number of benzene rings is 1. The molecule has 0 bridgehead atoms. The molecule has 0 saturated heterocycles. The van der Waals surface area contributed by atoms with Gasteiger partial charge in [0.15, 0.2) is 11.3 Å². The third-order valence-corrected chi connectivity index (χ3v) is 4.56. The number of carbonyl (C=O) groups is 1. The van der Waals surface area contributed by atoms with E-state index in [1.165, 1.54) is 0 Å². The van der Waals surface area contributed by atoms with Crippen LogP contribution in [0.25, 0.3) is 5.65 Å². The normalized spacial score (nSPS) is 16.7. The smallest absolute Gasteiger partial charge is 0.273 e. The van der Waals surface area contributed by atoms with E-state index in [0.29, 0.717) is 22.6 Å². The Morgan fingerprint density at radius 1 is 1.39 bits per heavy atom. The molecule has 1 aliphatic heterocycles. The standard InChI is InChI=1S/C16H13BrN4O2/c17-15-14(20-13-8-18-5-6-21(13)15)16(22)19-11-7-10-3-1-2-4-12(10)23-9-11/h1-6,8,11H,7,9H2,(H,19,22)/t11-/m1/s1. The molecule has 0 radical (unpaired) electrons. The second kappa shape index (κ2) is 5.66. The lowest BCUT2D eigenvalue weighted by Gasteiger charge is -2.25. The monoisotopic (exact) mass is 372 g/mol. The number of nitrogens with zero attached hydrogens (tertiary/aromatic N) is 3. The van der Waals surface area contributed by atoms with E-state index in [1.807, 2.05) is 24.3 Å². The molecule has 3 aromatic rings. The summed E-state index contributed by atoms with van der Waals surface area (Å²) in [6.45, 7) is 0.454. The van der Waals surface area contributed by atoms with Crippen LogP contribution in [0, 0.1) is 0 Å². The minimum Gasteiger partial charge on any atom is -0.491 e. The molecule has 1 amide bonds. The molecule has 0 aliphatic carbocycles. The van der Waals surface area contributed by atoms with E-state index in [2.05, 4.69) is 31.2 Å². The van der Waals surface area contributed by atoms with E-state index in [-0.39, 0.29) is 11.9 Å². The highest BCUT2D eigenvalue weighted by molar-refractivity contribution is 9.10. The maximum absolute atomic E-state index is 12.5. The minimum absolute atomic E-state index is 0.0766. The average Bonchev–Trinajstić information content (AvgIpc) is 2.92. The Morgan fingerprint density at radius 3 is 3.13 bits per heavy atom. The van der Waals surface area contributed by atoms with Crippen LogP contribution >= 0.6 is 15.9 Å². The zero-order valence-corrected chi connectivity index (χ0v) is 13.7. The molecule has 0 fully saturated rings. The number of rotatable bonds is 2. The van der Waals surface area contributed by atoms with Gasteiger partial charge in [-0.1, -0.05) is 18.2 Å². The molecule has 4 rings (SSSR count). The van der Waals surface area contributed by atoms with Crippen molar-refractivity contribution in [2.75, 3.05) is 6.61 Å². The summed E-state index contributed by atoms with van der Waals surface area (Å²) >= 11 is 3.42. The van der Waals surface area contributed by atoms with Gasteiger partial charge in [0, 0.05) is 12.4 Å². The van der Waals surface area contributed by atoms with Gasteiger partial charge in [0.2, 0.25) is 0 Å². The van der Waals surface area contributed by atoms with Gasteiger partial charge in [0.1, 0.15) is 17.0 Å². The summed E-state index contributed by atoms with van der Waals surface area (Å²) < 4.78 is 8.09. The first kappa shape index (κ1) is 14.2. The molecular formula is C16H13BrN4O2. The topological polar surface area (TPSA) is 68.5 Å². The van der Waals surface area contributed by atoms with Crippen LogP contribution in [-0.4, -0.2) is 32.9 Å². The summed E-state index contributed by atoms with van der Waals surface area (Å²) in [4.78, 5) is 20.9. The minimum atomic E-state index is -0.228. The van der Waals surface area contributed by atoms with Gasteiger partial charge in [-0.05, 0) is 34.0 Å². The maximum atomic E-state index is 12.5.